The van der Waals surface area contributed by atoms with E-state index in [0.29, 0.717) is 14.9 Å². The molecule has 0 spiro atoms. The standard InChI is InChI=1S/C23H21N3O2S2/c1-13-4-5-14(2)19(10-13)26-22(28)20(11-17-9-6-15(3)29-17)30-23(26)18(12-24)21(27)25-16-7-8-16/h4-6,9-11,16H,7-8H2,1-3H3,(H,25,27). The quantitative estimate of drug-likeness (QED) is 0.685. The van der Waals surface area contributed by atoms with Crippen molar-refractivity contribution in [1.82, 2.24) is 9.88 Å². The SMILES string of the molecule is Cc1ccc(C)c(-n2c(=C(C#N)C(=O)NC3CC3)sc(=Cc3ccc(C)s3)c2=O)c1. The molecule has 1 amide bonds. The van der Waals surface area contributed by atoms with Crippen LogP contribution in [-0.4, -0.2) is 16.5 Å². The van der Waals surface area contributed by atoms with Crippen molar-refractivity contribution in [2.75, 3.05) is 0 Å². The molecular weight excluding hydrogens is 414 g/mol. The number of carbonyl (C=O) groups is 1. The van der Waals surface area contributed by atoms with Crippen LogP contribution in [0.2, 0.25) is 0 Å². The molecule has 4 rings (SSSR count). The normalized spacial score (nSPS) is 15.1. The molecule has 3 aromatic rings. The number of nitrogens with zero attached hydrogens (tertiary/aromatic N) is 2. The second-order valence-electron chi connectivity index (χ2n) is 7.53. The molecule has 1 aliphatic carbocycles. The summed E-state index contributed by atoms with van der Waals surface area (Å²) in [5.74, 6) is -0.418. The van der Waals surface area contributed by atoms with Crippen LogP contribution in [-0.2, 0) is 4.79 Å². The van der Waals surface area contributed by atoms with Gasteiger partial charge in [0.1, 0.15) is 10.7 Å². The van der Waals surface area contributed by atoms with E-state index in [2.05, 4.69) is 5.32 Å². The highest BCUT2D eigenvalue weighted by Crippen LogP contribution is 2.19. The number of nitriles is 1. The van der Waals surface area contributed by atoms with Crippen LogP contribution in [0.15, 0.2) is 35.1 Å². The zero-order valence-corrected chi connectivity index (χ0v) is 18.6. The Morgan fingerprint density at radius 2 is 1.97 bits per heavy atom. The van der Waals surface area contributed by atoms with Crippen LogP contribution < -0.4 is 20.1 Å². The van der Waals surface area contributed by atoms with Gasteiger partial charge in [-0.2, -0.15) is 5.26 Å². The van der Waals surface area contributed by atoms with E-state index in [4.69, 9.17) is 0 Å². The topological polar surface area (TPSA) is 74.9 Å². The van der Waals surface area contributed by atoms with Crippen LogP contribution in [0.25, 0.3) is 17.3 Å². The molecule has 5 nitrogen and oxygen atoms in total. The third-order valence-electron chi connectivity index (χ3n) is 4.93. The second-order valence-corrected chi connectivity index (χ2v) is 9.88. The number of thiophene rings is 1. The Morgan fingerprint density at radius 1 is 1.20 bits per heavy atom. The maximum atomic E-state index is 13.4. The van der Waals surface area contributed by atoms with Crippen molar-refractivity contribution < 1.29 is 4.79 Å². The van der Waals surface area contributed by atoms with E-state index in [-0.39, 0.29) is 17.2 Å². The van der Waals surface area contributed by atoms with Gasteiger partial charge in [0.15, 0.2) is 5.57 Å². The maximum absolute atomic E-state index is 13.4. The number of aryl methyl sites for hydroxylation is 3. The summed E-state index contributed by atoms with van der Waals surface area (Å²) in [7, 11) is 0. The van der Waals surface area contributed by atoms with Gasteiger partial charge < -0.3 is 5.32 Å². The Labute approximate surface area is 182 Å². The molecule has 152 valence electrons. The van der Waals surface area contributed by atoms with Gasteiger partial charge >= 0.3 is 0 Å². The fourth-order valence-corrected chi connectivity index (χ4v) is 5.15. The number of thiazole rings is 1. The van der Waals surface area contributed by atoms with Crippen molar-refractivity contribution >= 4 is 40.2 Å². The number of nitrogens with one attached hydrogen (secondary N) is 1. The maximum Gasteiger partial charge on any atom is 0.273 e. The average Bonchev–Trinajstić information content (AvgIpc) is 3.34. The molecule has 0 aliphatic heterocycles. The van der Waals surface area contributed by atoms with Crippen molar-refractivity contribution in [3.8, 4) is 11.8 Å². The number of hydrogen-bond donors (Lipinski definition) is 1. The lowest BCUT2D eigenvalue weighted by atomic mass is 10.1. The third kappa shape index (κ3) is 4.02. The first kappa shape index (κ1) is 20.3. The van der Waals surface area contributed by atoms with Crippen LogP contribution in [0.1, 0.15) is 33.7 Å². The summed E-state index contributed by atoms with van der Waals surface area (Å²) in [6.45, 7) is 5.89. The molecular formula is C23H21N3O2S2. The first-order valence-corrected chi connectivity index (χ1v) is 11.3. The number of amides is 1. The van der Waals surface area contributed by atoms with Gasteiger partial charge in [0.05, 0.1) is 10.2 Å². The highest BCUT2D eigenvalue weighted by molar-refractivity contribution is 7.13. The average molecular weight is 436 g/mol. The summed E-state index contributed by atoms with van der Waals surface area (Å²) in [5, 5.41) is 12.7. The number of benzene rings is 1. The third-order valence-corrected chi connectivity index (χ3v) is 6.97. The van der Waals surface area contributed by atoms with E-state index in [1.165, 1.54) is 15.9 Å². The molecule has 2 aromatic heterocycles. The molecule has 0 radical (unpaired) electrons. The van der Waals surface area contributed by atoms with Gasteiger partial charge in [0.2, 0.25) is 0 Å². The first-order chi connectivity index (χ1) is 14.4. The molecule has 1 saturated carbocycles. The van der Waals surface area contributed by atoms with E-state index >= 15 is 0 Å². The molecule has 0 atom stereocenters. The summed E-state index contributed by atoms with van der Waals surface area (Å²) in [5.41, 5.74) is 2.36. The zero-order chi connectivity index (χ0) is 21.4. The van der Waals surface area contributed by atoms with Gasteiger partial charge in [-0.15, -0.1) is 22.7 Å². The van der Waals surface area contributed by atoms with Gasteiger partial charge in [-0.1, -0.05) is 12.1 Å². The predicted octanol–water partition coefficient (Wildman–Crippen LogP) is 2.67. The molecule has 0 saturated heterocycles. The molecule has 1 aromatic carbocycles. The summed E-state index contributed by atoms with van der Waals surface area (Å²) in [4.78, 5) is 28.3. The van der Waals surface area contributed by atoms with E-state index in [1.807, 2.05) is 63.2 Å². The summed E-state index contributed by atoms with van der Waals surface area (Å²) >= 11 is 2.79. The van der Waals surface area contributed by atoms with Crippen LogP contribution in [0.5, 0.6) is 0 Å². The van der Waals surface area contributed by atoms with Crippen molar-refractivity contribution in [2.45, 2.75) is 39.7 Å². The second kappa shape index (κ2) is 8.05. The highest BCUT2D eigenvalue weighted by atomic mass is 32.1. The zero-order valence-electron chi connectivity index (χ0n) is 17.0. The van der Waals surface area contributed by atoms with Gasteiger partial charge in [-0.25, -0.2) is 0 Å². The van der Waals surface area contributed by atoms with E-state index in [0.717, 1.165) is 33.7 Å². The molecule has 7 heteroatoms. The molecule has 1 N–H and O–H groups in total. The van der Waals surface area contributed by atoms with Gasteiger partial charge in [-0.05, 0) is 69.0 Å². The molecule has 30 heavy (non-hydrogen) atoms. The lowest BCUT2D eigenvalue weighted by Gasteiger charge is -2.09. The number of hydrogen-bond acceptors (Lipinski definition) is 5. The Hall–Kier alpha value is -2.95. The number of aromatic nitrogens is 1. The lowest BCUT2D eigenvalue weighted by Crippen LogP contribution is -2.34. The fraction of sp³-hybridized carbons (Fsp3) is 0.261. The van der Waals surface area contributed by atoms with E-state index in [1.54, 1.807) is 11.3 Å². The van der Waals surface area contributed by atoms with Crippen LogP contribution in [0, 0.1) is 32.1 Å². The van der Waals surface area contributed by atoms with Gasteiger partial charge in [0.25, 0.3) is 11.5 Å². The molecule has 2 heterocycles. The highest BCUT2D eigenvalue weighted by Gasteiger charge is 2.26. The Balaban J connectivity index is 2.04. The minimum Gasteiger partial charge on any atom is -0.349 e. The number of carbonyl (C=O) groups excluding carboxylic acids is 1. The van der Waals surface area contributed by atoms with E-state index < -0.39 is 5.91 Å². The molecule has 1 fully saturated rings. The predicted molar refractivity (Wildman–Crippen MR) is 121 cm³/mol. The summed E-state index contributed by atoms with van der Waals surface area (Å²) in [6, 6.07) is 12.0. The van der Waals surface area contributed by atoms with Gasteiger partial charge in [0, 0.05) is 15.8 Å². The Bertz CT molecular complexity index is 1360. The van der Waals surface area contributed by atoms with Crippen molar-refractivity contribution in [3.63, 3.8) is 0 Å². The lowest BCUT2D eigenvalue weighted by molar-refractivity contribution is -0.115. The number of rotatable bonds is 4. The van der Waals surface area contributed by atoms with Crippen LogP contribution in [0.3, 0.4) is 0 Å². The smallest absolute Gasteiger partial charge is 0.273 e. The minimum atomic E-state index is -0.418. The van der Waals surface area contributed by atoms with Crippen LogP contribution in [0.4, 0.5) is 0 Å². The first-order valence-electron chi connectivity index (χ1n) is 9.70. The monoisotopic (exact) mass is 435 g/mol. The minimum absolute atomic E-state index is 0.0214. The van der Waals surface area contributed by atoms with Crippen molar-refractivity contribution in [1.29, 1.82) is 5.26 Å². The van der Waals surface area contributed by atoms with E-state index in [9.17, 15) is 14.9 Å². The summed E-state index contributed by atoms with van der Waals surface area (Å²) in [6.07, 6.45) is 3.69. The van der Waals surface area contributed by atoms with Crippen LogP contribution >= 0.6 is 22.7 Å². The molecule has 1 aliphatic rings. The Kier molecular flexibility index (Phi) is 5.46. The fourth-order valence-electron chi connectivity index (χ4n) is 3.17. The summed E-state index contributed by atoms with van der Waals surface area (Å²) < 4.78 is 2.39. The van der Waals surface area contributed by atoms with Crippen molar-refractivity contribution in [3.05, 3.63) is 70.8 Å². The molecule has 0 unspecified atom stereocenters. The van der Waals surface area contributed by atoms with Gasteiger partial charge in [-0.3, -0.25) is 14.2 Å². The Morgan fingerprint density at radius 3 is 2.60 bits per heavy atom. The van der Waals surface area contributed by atoms with Crippen molar-refractivity contribution in [2.24, 2.45) is 0 Å². The molecule has 0 bridgehead atoms. The largest absolute Gasteiger partial charge is 0.349 e.